The Bertz CT molecular complexity index is 628. The molecule has 1 amide bonds. The molecule has 1 saturated carbocycles. The maximum atomic E-state index is 12.3. The lowest BCUT2D eigenvalue weighted by Gasteiger charge is -2.35. The third-order valence-electron chi connectivity index (χ3n) is 4.61. The fraction of sp³-hybridized carbons (Fsp3) is 0.500. The molecule has 3 rings (SSSR count). The van der Waals surface area contributed by atoms with Gasteiger partial charge in [0.25, 0.3) is 0 Å². The largest absolute Gasteiger partial charge is 0.330 e. The van der Waals surface area contributed by atoms with Crippen LogP contribution in [0, 0.1) is 5.41 Å². The molecular weight excluding hydrogens is 264 g/mol. The summed E-state index contributed by atoms with van der Waals surface area (Å²) >= 11 is 0. The average molecular weight is 286 g/mol. The molecule has 1 aromatic carbocycles. The SMILES string of the molecule is NCC1(CC(=O)Nc2ccc3cn[nH]c3c2)CCCCC1. The van der Waals surface area contributed by atoms with Crippen molar-refractivity contribution in [2.45, 2.75) is 38.5 Å². The fourth-order valence-electron chi connectivity index (χ4n) is 3.32. The Morgan fingerprint density at radius 2 is 2.14 bits per heavy atom. The van der Waals surface area contributed by atoms with Crippen molar-refractivity contribution in [3.8, 4) is 0 Å². The number of aromatic amines is 1. The van der Waals surface area contributed by atoms with E-state index < -0.39 is 0 Å². The maximum absolute atomic E-state index is 12.3. The summed E-state index contributed by atoms with van der Waals surface area (Å²) in [6.07, 6.45) is 8.05. The van der Waals surface area contributed by atoms with Gasteiger partial charge in [-0.2, -0.15) is 5.10 Å². The summed E-state index contributed by atoms with van der Waals surface area (Å²) in [5, 5.41) is 10.9. The highest BCUT2D eigenvalue weighted by Gasteiger charge is 2.32. The predicted molar refractivity (Wildman–Crippen MR) is 83.9 cm³/mol. The lowest BCUT2D eigenvalue weighted by atomic mass is 9.71. The van der Waals surface area contributed by atoms with E-state index in [0.717, 1.165) is 29.4 Å². The lowest BCUT2D eigenvalue weighted by molar-refractivity contribution is -0.118. The van der Waals surface area contributed by atoms with E-state index in [4.69, 9.17) is 5.73 Å². The van der Waals surface area contributed by atoms with E-state index in [-0.39, 0.29) is 11.3 Å². The van der Waals surface area contributed by atoms with E-state index in [1.54, 1.807) is 6.20 Å². The van der Waals surface area contributed by atoms with Crippen LogP contribution in [0.5, 0.6) is 0 Å². The molecule has 112 valence electrons. The van der Waals surface area contributed by atoms with Gasteiger partial charge in [0.05, 0.1) is 11.7 Å². The highest BCUT2D eigenvalue weighted by Crippen LogP contribution is 2.38. The van der Waals surface area contributed by atoms with Crippen molar-refractivity contribution in [3.05, 3.63) is 24.4 Å². The minimum Gasteiger partial charge on any atom is -0.330 e. The maximum Gasteiger partial charge on any atom is 0.224 e. The van der Waals surface area contributed by atoms with Gasteiger partial charge in [-0.25, -0.2) is 0 Å². The second-order valence-corrected chi connectivity index (χ2v) is 6.16. The van der Waals surface area contributed by atoms with E-state index in [0.29, 0.717) is 13.0 Å². The Labute approximate surface area is 124 Å². The average Bonchev–Trinajstić information content (AvgIpc) is 2.95. The Morgan fingerprint density at radius 3 is 2.90 bits per heavy atom. The number of nitrogens with zero attached hydrogens (tertiary/aromatic N) is 1. The molecule has 0 saturated heterocycles. The van der Waals surface area contributed by atoms with Crippen molar-refractivity contribution in [2.75, 3.05) is 11.9 Å². The van der Waals surface area contributed by atoms with Crippen LogP contribution in [-0.4, -0.2) is 22.6 Å². The second kappa shape index (κ2) is 5.85. The lowest BCUT2D eigenvalue weighted by Crippen LogP contribution is -2.36. The first-order valence-electron chi connectivity index (χ1n) is 7.64. The van der Waals surface area contributed by atoms with E-state index in [9.17, 15) is 4.79 Å². The number of aromatic nitrogens is 2. The monoisotopic (exact) mass is 286 g/mol. The van der Waals surface area contributed by atoms with Crippen LogP contribution >= 0.6 is 0 Å². The summed E-state index contributed by atoms with van der Waals surface area (Å²) in [5.74, 6) is 0.0567. The van der Waals surface area contributed by atoms with Crippen molar-refractivity contribution < 1.29 is 4.79 Å². The van der Waals surface area contributed by atoms with Gasteiger partial charge in [0, 0.05) is 17.5 Å². The molecule has 0 spiro atoms. The Kier molecular flexibility index (Phi) is 3.92. The van der Waals surface area contributed by atoms with Crippen molar-refractivity contribution in [1.82, 2.24) is 10.2 Å². The molecule has 0 aliphatic heterocycles. The number of nitrogens with one attached hydrogen (secondary N) is 2. The fourth-order valence-corrected chi connectivity index (χ4v) is 3.32. The zero-order valence-electron chi connectivity index (χ0n) is 12.2. The summed E-state index contributed by atoms with van der Waals surface area (Å²) in [6.45, 7) is 0.597. The number of H-pyrrole nitrogens is 1. The highest BCUT2D eigenvalue weighted by atomic mass is 16.1. The predicted octanol–water partition coefficient (Wildman–Crippen LogP) is 2.80. The number of hydrogen-bond acceptors (Lipinski definition) is 3. The van der Waals surface area contributed by atoms with E-state index in [2.05, 4.69) is 15.5 Å². The number of carbonyl (C=O) groups excluding carboxylic acids is 1. The topological polar surface area (TPSA) is 83.8 Å². The minimum absolute atomic E-state index is 0.000419. The van der Waals surface area contributed by atoms with Crippen molar-refractivity contribution >= 4 is 22.5 Å². The summed E-state index contributed by atoms with van der Waals surface area (Å²) in [6, 6.07) is 5.77. The van der Waals surface area contributed by atoms with Crippen molar-refractivity contribution in [1.29, 1.82) is 0 Å². The standard InChI is InChI=1S/C16H22N4O/c17-11-16(6-2-1-3-7-16)9-15(21)19-13-5-4-12-10-18-20-14(12)8-13/h4-5,8,10H,1-3,6-7,9,11,17H2,(H,18,20)(H,19,21). The van der Waals surface area contributed by atoms with Crippen LogP contribution < -0.4 is 11.1 Å². The van der Waals surface area contributed by atoms with Crippen LogP contribution in [0.3, 0.4) is 0 Å². The van der Waals surface area contributed by atoms with E-state index >= 15 is 0 Å². The number of carbonyl (C=O) groups is 1. The number of fused-ring (bicyclic) bond motifs is 1. The smallest absolute Gasteiger partial charge is 0.224 e. The normalized spacial score (nSPS) is 17.8. The molecule has 0 radical (unpaired) electrons. The van der Waals surface area contributed by atoms with Gasteiger partial charge in [-0.1, -0.05) is 19.3 Å². The molecule has 0 unspecified atom stereocenters. The van der Waals surface area contributed by atoms with Crippen LogP contribution in [0.1, 0.15) is 38.5 Å². The molecule has 5 heteroatoms. The number of nitrogens with two attached hydrogens (primary N) is 1. The Hall–Kier alpha value is -1.88. The Morgan fingerprint density at radius 1 is 1.33 bits per heavy atom. The highest BCUT2D eigenvalue weighted by molar-refractivity contribution is 5.93. The van der Waals surface area contributed by atoms with E-state index in [1.807, 2.05) is 18.2 Å². The number of hydrogen-bond donors (Lipinski definition) is 3. The number of rotatable bonds is 4. The molecule has 1 aliphatic rings. The van der Waals surface area contributed by atoms with Crippen molar-refractivity contribution in [3.63, 3.8) is 0 Å². The third kappa shape index (κ3) is 3.08. The van der Waals surface area contributed by atoms with Crippen LogP contribution in [0.4, 0.5) is 5.69 Å². The van der Waals surface area contributed by atoms with Crippen LogP contribution in [0.2, 0.25) is 0 Å². The van der Waals surface area contributed by atoms with Gasteiger partial charge in [0.2, 0.25) is 5.91 Å². The van der Waals surface area contributed by atoms with Crippen molar-refractivity contribution in [2.24, 2.45) is 11.1 Å². The summed E-state index contributed by atoms with van der Waals surface area (Å²) < 4.78 is 0. The summed E-state index contributed by atoms with van der Waals surface area (Å²) in [5.41, 5.74) is 7.68. The first-order chi connectivity index (χ1) is 10.2. The molecule has 1 aromatic heterocycles. The Balaban J connectivity index is 1.67. The second-order valence-electron chi connectivity index (χ2n) is 6.16. The van der Waals surface area contributed by atoms with Gasteiger partial charge in [0.1, 0.15) is 0 Å². The molecule has 1 heterocycles. The third-order valence-corrected chi connectivity index (χ3v) is 4.61. The number of anilines is 1. The number of amides is 1. The zero-order valence-corrected chi connectivity index (χ0v) is 12.2. The van der Waals surface area contributed by atoms with Gasteiger partial charge in [0.15, 0.2) is 0 Å². The molecular formula is C16H22N4O. The quantitative estimate of drug-likeness (QED) is 0.808. The van der Waals surface area contributed by atoms with Gasteiger partial charge in [-0.05, 0) is 43.0 Å². The van der Waals surface area contributed by atoms with Crippen LogP contribution in [0.15, 0.2) is 24.4 Å². The molecule has 21 heavy (non-hydrogen) atoms. The van der Waals surface area contributed by atoms with Crippen LogP contribution in [0.25, 0.3) is 10.9 Å². The van der Waals surface area contributed by atoms with Gasteiger partial charge < -0.3 is 11.1 Å². The van der Waals surface area contributed by atoms with Gasteiger partial charge >= 0.3 is 0 Å². The molecule has 4 N–H and O–H groups in total. The van der Waals surface area contributed by atoms with E-state index in [1.165, 1.54) is 19.3 Å². The summed E-state index contributed by atoms with van der Waals surface area (Å²) in [7, 11) is 0. The van der Waals surface area contributed by atoms with Gasteiger partial charge in [-0.15, -0.1) is 0 Å². The molecule has 0 atom stereocenters. The van der Waals surface area contributed by atoms with Gasteiger partial charge in [-0.3, -0.25) is 9.89 Å². The molecule has 0 bridgehead atoms. The molecule has 1 fully saturated rings. The molecule has 5 nitrogen and oxygen atoms in total. The van der Waals surface area contributed by atoms with Crippen LogP contribution in [-0.2, 0) is 4.79 Å². The first-order valence-corrected chi connectivity index (χ1v) is 7.64. The zero-order chi connectivity index (χ0) is 14.7. The molecule has 2 aromatic rings. The first kappa shape index (κ1) is 14.1. The minimum atomic E-state index is 0.000419. The number of benzene rings is 1. The summed E-state index contributed by atoms with van der Waals surface area (Å²) in [4.78, 5) is 12.3. The molecule has 1 aliphatic carbocycles.